The van der Waals surface area contributed by atoms with Crippen LogP contribution in [0.4, 0.5) is 17.1 Å². The summed E-state index contributed by atoms with van der Waals surface area (Å²) in [4.78, 5) is 21.1. The predicted molar refractivity (Wildman–Crippen MR) is 120 cm³/mol. The van der Waals surface area contributed by atoms with Gasteiger partial charge in [0.05, 0.1) is 21.6 Å². The van der Waals surface area contributed by atoms with Gasteiger partial charge in [-0.1, -0.05) is 60.7 Å². The van der Waals surface area contributed by atoms with Crippen LogP contribution in [0, 0.1) is 20.2 Å². The Labute approximate surface area is 183 Å². The summed E-state index contributed by atoms with van der Waals surface area (Å²) in [5, 5.41) is 27.0. The second-order valence-corrected chi connectivity index (χ2v) is 7.29. The summed E-state index contributed by atoms with van der Waals surface area (Å²) in [6, 6.07) is 22.8. The standard InChI is InChI=1S/C23H20N4O5/c28-26(29)18-11-12-20(21(15-18)27(30)31)24-25-22(17-9-5-2-6-10-17)23-19(13-14-32-23)16-7-3-1-4-8-16/h1-12,15,19,23-24H,13-14H2. The Morgan fingerprint density at radius 2 is 1.62 bits per heavy atom. The lowest BCUT2D eigenvalue weighted by molar-refractivity contribution is -0.393. The molecule has 9 heteroatoms. The second kappa shape index (κ2) is 9.36. The van der Waals surface area contributed by atoms with Gasteiger partial charge in [0.25, 0.3) is 5.69 Å². The lowest BCUT2D eigenvalue weighted by Crippen LogP contribution is -2.27. The molecule has 1 aliphatic rings. The van der Waals surface area contributed by atoms with E-state index in [-0.39, 0.29) is 23.4 Å². The number of benzene rings is 3. The molecule has 0 spiro atoms. The number of rotatable bonds is 7. The fourth-order valence-electron chi connectivity index (χ4n) is 3.80. The quantitative estimate of drug-likeness (QED) is 0.322. The number of nitrogens with one attached hydrogen (secondary N) is 1. The van der Waals surface area contributed by atoms with Crippen molar-refractivity contribution in [2.24, 2.45) is 5.10 Å². The third-order valence-corrected chi connectivity index (χ3v) is 5.34. The Balaban J connectivity index is 1.72. The van der Waals surface area contributed by atoms with Crippen molar-refractivity contribution in [3.63, 3.8) is 0 Å². The maximum Gasteiger partial charge on any atom is 0.301 e. The minimum atomic E-state index is -0.675. The molecule has 1 aliphatic heterocycles. The van der Waals surface area contributed by atoms with Crippen molar-refractivity contribution in [3.8, 4) is 0 Å². The van der Waals surface area contributed by atoms with E-state index in [0.29, 0.717) is 12.3 Å². The molecule has 1 N–H and O–H groups in total. The van der Waals surface area contributed by atoms with Crippen LogP contribution in [0.25, 0.3) is 0 Å². The van der Waals surface area contributed by atoms with Crippen LogP contribution >= 0.6 is 0 Å². The van der Waals surface area contributed by atoms with Gasteiger partial charge in [-0.3, -0.25) is 25.7 Å². The molecule has 1 heterocycles. The monoisotopic (exact) mass is 432 g/mol. The van der Waals surface area contributed by atoms with Gasteiger partial charge < -0.3 is 4.74 Å². The van der Waals surface area contributed by atoms with Crippen LogP contribution in [0.15, 0.2) is 84.0 Å². The Morgan fingerprint density at radius 1 is 0.938 bits per heavy atom. The predicted octanol–water partition coefficient (Wildman–Crippen LogP) is 4.89. The van der Waals surface area contributed by atoms with Gasteiger partial charge in [0.1, 0.15) is 11.8 Å². The molecule has 162 valence electrons. The largest absolute Gasteiger partial charge is 0.371 e. The summed E-state index contributed by atoms with van der Waals surface area (Å²) in [7, 11) is 0. The Bertz CT molecular complexity index is 1150. The average molecular weight is 432 g/mol. The highest BCUT2D eigenvalue weighted by molar-refractivity contribution is 6.05. The first-order valence-corrected chi connectivity index (χ1v) is 10.0. The molecule has 0 saturated carbocycles. The van der Waals surface area contributed by atoms with Gasteiger partial charge in [-0.15, -0.1) is 0 Å². The van der Waals surface area contributed by atoms with Crippen molar-refractivity contribution >= 4 is 22.8 Å². The van der Waals surface area contributed by atoms with Crippen molar-refractivity contribution in [1.82, 2.24) is 0 Å². The first kappa shape index (κ1) is 21.1. The third kappa shape index (κ3) is 4.47. The molecule has 1 fully saturated rings. The van der Waals surface area contributed by atoms with Crippen molar-refractivity contribution in [3.05, 3.63) is 110 Å². The molecule has 0 radical (unpaired) electrons. The van der Waals surface area contributed by atoms with E-state index in [2.05, 4.69) is 10.5 Å². The Hall–Kier alpha value is -4.11. The minimum absolute atomic E-state index is 0.0586. The summed E-state index contributed by atoms with van der Waals surface area (Å²) < 4.78 is 6.06. The second-order valence-electron chi connectivity index (χ2n) is 7.29. The third-order valence-electron chi connectivity index (χ3n) is 5.34. The van der Waals surface area contributed by atoms with E-state index < -0.39 is 15.5 Å². The number of non-ortho nitro benzene ring substituents is 1. The Kier molecular flexibility index (Phi) is 6.18. The minimum Gasteiger partial charge on any atom is -0.371 e. The normalized spacial score (nSPS) is 18.3. The molecule has 0 bridgehead atoms. The SMILES string of the molecule is O=[N+]([O-])c1ccc(NN=C(c2ccccc2)C2OCCC2c2ccccc2)c([N+](=O)[O-])c1. The molecule has 3 aromatic rings. The molecule has 0 amide bonds. The molecule has 1 saturated heterocycles. The molecule has 2 unspecified atom stereocenters. The number of hydrazone groups is 1. The maximum absolute atomic E-state index is 11.5. The van der Waals surface area contributed by atoms with Crippen LogP contribution in [-0.2, 0) is 4.74 Å². The maximum atomic E-state index is 11.5. The van der Waals surface area contributed by atoms with Crippen molar-refractivity contribution < 1.29 is 14.6 Å². The van der Waals surface area contributed by atoms with Gasteiger partial charge in [0.2, 0.25) is 0 Å². The molecule has 2 atom stereocenters. The number of nitro groups is 2. The number of nitro benzene ring substituents is 2. The summed E-state index contributed by atoms with van der Waals surface area (Å²) >= 11 is 0. The molecule has 4 rings (SSSR count). The fraction of sp³-hybridized carbons (Fsp3) is 0.174. The molecule has 0 aromatic heterocycles. The van der Waals surface area contributed by atoms with Crippen LogP contribution < -0.4 is 5.43 Å². The molecular weight excluding hydrogens is 412 g/mol. The van der Waals surface area contributed by atoms with E-state index in [0.717, 1.165) is 23.6 Å². The zero-order valence-electron chi connectivity index (χ0n) is 17.0. The van der Waals surface area contributed by atoms with E-state index in [1.165, 1.54) is 12.1 Å². The number of hydrogen-bond donors (Lipinski definition) is 1. The molecule has 32 heavy (non-hydrogen) atoms. The molecule has 9 nitrogen and oxygen atoms in total. The topological polar surface area (TPSA) is 120 Å². The van der Waals surface area contributed by atoms with Gasteiger partial charge in [0.15, 0.2) is 0 Å². The van der Waals surface area contributed by atoms with Gasteiger partial charge in [0, 0.05) is 24.2 Å². The zero-order chi connectivity index (χ0) is 22.5. The summed E-state index contributed by atoms with van der Waals surface area (Å²) in [5.41, 5.74) is 4.56. The van der Waals surface area contributed by atoms with Crippen LogP contribution in [0.5, 0.6) is 0 Å². The first-order valence-electron chi connectivity index (χ1n) is 10.0. The Morgan fingerprint density at radius 3 is 2.28 bits per heavy atom. The number of anilines is 1. The highest BCUT2D eigenvalue weighted by Gasteiger charge is 2.34. The lowest BCUT2D eigenvalue weighted by atomic mass is 9.88. The van der Waals surface area contributed by atoms with Gasteiger partial charge >= 0.3 is 5.69 Å². The highest BCUT2D eigenvalue weighted by Crippen LogP contribution is 2.34. The van der Waals surface area contributed by atoms with Gasteiger partial charge in [-0.25, -0.2) is 0 Å². The summed E-state index contributed by atoms with van der Waals surface area (Å²) in [5.74, 6) is 0.0730. The average Bonchev–Trinajstić information content (AvgIpc) is 3.30. The van der Waals surface area contributed by atoms with Gasteiger partial charge in [-0.2, -0.15) is 5.10 Å². The summed E-state index contributed by atoms with van der Waals surface area (Å²) in [6.07, 6.45) is 0.461. The lowest BCUT2D eigenvalue weighted by Gasteiger charge is -2.21. The smallest absolute Gasteiger partial charge is 0.301 e. The van der Waals surface area contributed by atoms with Gasteiger partial charge in [-0.05, 0) is 18.1 Å². The van der Waals surface area contributed by atoms with Crippen molar-refractivity contribution in [2.75, 3.05) is 12.0 Å². The van der Waals surface area contributed by atoms with E-state index in [1.807, 2.05) is 60.7 Å². The fourth-order valence-corrected chi connectivity index (χ4v) is 3.80. The number of ether oxygens (including phenoxy) is 1. The molecular formula is C23H20N4O5. The van der Waals surface area contributed by atoms with Crippen LogP contribution in [0.3, 0.4) is 0 Å². The van der Waals surface area contributed by atoms with Crippen molar-refractivity contribution in [2.45, 2.75) is 18.4 Å². The van der Waals surface area contributed by atoms with Crippen molar-refractivity contribution in [1.29, 1.82) is 0 Å². The summed E-state index contributed by atoms with van der Waals surface area (Å²) in [6.45, 7) is 0.563. The molecule has 3 aromatic carbocycles. The van der Waals surface area contributed by atoms with E-state index in [9.17, 15) is 20.2 Å². The number of nitrogens with zero attached hydrogens (tertiary/aromatic N) is 3. The van der Waals surface area contributed by atoms with E-state index >= 15 is 0 Å². The zero-order valence-corrected chi connectivity index (χ0v) is 17.0. The van der Waals surface area contributed by atoms with Crippen LogP contribution in [-0.4, -0.2) is 28.3 Å². The highest BCUT2D eigenvalue weighted by atomic mass is 16.6. The van der Waals surface area contributed by atoms with E-state index in [1.54, 1.807) is 0 Å². The first-order chi connectivity index (χ1) is 15.5. The van der Waals surface area contributed by atoms with Crippen LogP contribution in [0.2, 0.25) is 0 Å². The molecule has 0 aliphatic carbocycles. The van der Waals surface area contributed by atoms with Crippen LogP contribution in [0.1, 0.15) is 23.5 Å². The number of hydrogen-bond acceptors (Lipinski definition) is 7. The van der Waals surface area contributed by atoms with E-state index in [4.69, 9.17) is 4.74 Å².